The van der Waals surface area contributed by atoms with Crippen molar-refractivity contribution in [3.05, 3.63) is 52.1 Å². The molecule has 1 aromatic carbocycles. The van der Waals surface area contributed by atoms with Gasteiger partial charge in [-0.15, -0.1) is 0 Å². The van der Waals surface area contributed by atoms with Gasteiger partial charge in [-0.05, 0) is 31.2 Å². The third-order valence-corrected chi connectivity index (χ3v) is 3.77. The predicted molar refractivity (Wildman–Crippen MR) is 80.7 cm³/mol. The molecular weight excluding hydrogens is 252 g/mol. The molecule has 0 saturated carbocycles. The van der Waals surface area contributed by atoms with Crippen molar-refractivity contribution in [1.29, 1.82) is 0 Å². The average molecular weight is 274 g/mol. The van der Waals surface area contributed by atoms with Gasteiger partial charge in [0.05, 0.1) is 4.92 Å². The van der Waals surface area contributed by atoms with Crippen LogP contribution in [0.25, 0.3) is 0 Å². The minimum atomic E-state index is -0.324. The summed E-state index contributed by atoms with van der Waals surface area (Å²) in [5, 5.41) is 14.6. The van der Waals surface area contributed by atoms with Crippen molar-refractivity contribution in [2.75, 3.05) is 0 Å². The van der Waals surface area contributed by atoms with Crippen LogP contribution in [0.15, 0.2) is 36.4 Å². The molecular formula is C16H22N2O2. The highest BCUT2D eigenvalue weighted by Gasteiger charge is 2.18. The Morgan fingerprint density at radius 1 is 1.45 bits per heavy atom. The average Bonchev–Trinajstić information content (AvgIpc) is 2.48. The van der Waals surface area contributed by atoms with Gasteiger partial charge < -0.3 is 5.32 Å². The van der Waals surface area contributed by atoms with Crippen molar-refractivity contribution in [3.8, 4) is 0 Å². The molecule has 0 saturated heterocycles. The van der Waals surface area contributed by atoms with Gasteiger partial charge in [0.15, 0.2) is 0 Å². The fourth-order valence-electron chi connectivity index (χ4n) is 2.72. The molecule has 0 bridgehead atoms. The van der Waals surface area contributed by atoms with Crippen molar-refractivity contribution in [3.63, 3.8) is 0 Å². The molecule has 1 N–H and O–H groups in total. The van der Waals surface area contributed by atoms with Gasteiger partial charge in [-0.3, -0.25) is 10.1 Å². The third-order valence-electron chi connectivity index (χ3n) is 3.77. The second-order valence-corrected chi connectivity index (χ2v) is 5.34. The SMILES string of the molecule is CCCC(NC1CC=CCC1)c1cccc([N+](=O)[O-])c1. The normalized spacial score (nSPS) is 19.8. The van der Waals surface area contributed by atoms with Crippen LogP contribution >= 0.6 is 0 Å². The zero-order valence-electron chi connectivity index (χ0n) is 11.9. The van der Waals surface area contributed by atoms with E-state index >= 15 is 0 Å². The lowest BCUT2D eigenvalue weighted by Gasteiger charge is -2.26. The third kappa shape index (κ3) is 3.90. The first-order valence-corrected chi connectivity index (χ1v) is 7.36. The van der Waals surface area contributed by atoms with Crippen LogP contribution in [-0.4, -0.2) is 11.0 Å². The lowest BCUT2D eigenvalue weighted by Crippen LogP contribution is -2.33. The molecule has 1 aromatic rings. The molecule has 0 spiro atoms. The molecule has 20 heavy (non-hydrogen) atoms. The summed E-state index contributed by atoms with van der Waals surface area (Å²) in [6.07, 6.45) is 9.81. The summed E-state index contributed by atoms with van der Waals surface area (Å²) in [4.78, 5) is 10.6. The lowest BCUT2D eigenvalue weighted by molar-refractivity contribution is -0.384. The summed E-state index contributed by atoms with van der Waals surface area (Å²) >= 11 is 0. The number of hydrogen-bond donors (Lipinski definition) is 1. The highest BCUT2D eigenvalue weighted by Crippen LogP contribution is 2.25. The number of nitro benzene ring substituents is 1. The molecule has 1 aliphatic carbocycles. The second kappa shape index (κ2) is 7.20. The van der Waals surface area contributed by atoms with Crippen molar-refractivity contribution in [1.82, 2.24) is 5.32 Å². The molecule has 0 aromatic heterocycles. The van der Waals surface area contributed by atoms with E-state index in [0.29, 0.717) is 6.04 Å². The van der Waals surface area contributed by atoms with E-state index in [1.165, 1.54) is 0 Å². The van der Waals surface area contributed by atoms with Crippen molar-refractivity contribution in [2.24, 2.45) is 0 Å². The fraction of sp³-hybridized carbons (Fsp3) is 0.500. The quantitative estimate of drug-likeness (QED) is 0.482. The second-order valence-electron chi connectivity index (χ2n) is 5.34. The molecule has 0 fully saturated rings. The first kappa shape index (κ1) is 14.7. The van der Waals surface area contributed by atoms with Crippen LogP contribution in [0.1, 0.15) is 50.6 Å². The first-order valence-electron chi connectivity index (χ1n) is 7.36. The summed E-state index contributed by atoms with van der Waals surface area (Å²) in [5.41, 5.74) is 1.20. The zero-order chi connectivity index (χ0) is 14.4. The Hall–Kier alpha value is -1.68. The number of non-ortho nitro benzene ring substituents is 1. The van der Waals surface area contributed by atoms with E-state index in [1.807, 2.05) is 6.07 Å². The monoisotopic (exact) mass is 274 g/mol. The molecule has 0 heterocycles. The molecule has 0 radical (unpaired) electrons. The Labute approximate surface area is 120 Å². The summed E-state index contributed by atoms with van der Waals surface area (Å²) in [6, 6.07) is 7.70. The van der Waals surface area contributed by atoms with Crippen LogP contribution in [0.2, 0.25) is 0 Å². The maximum atomic E-state index is 10.9. The Balaban J connectivity index is 2.12. The standard InChI is InChI=1S/C16H22N2O2/c1-2-7-16(17-14-9-4-3-5-10-14)13-8-6-11-15(12-13)18(19)20/h3-4,6,8,11-12,14,16-17H,2,5,7,9-10H2,1H3. The molecule has 0 amide bonds. The van der Waals surface area contributed by atoms with Gasteiger partial charge in [0.25, 0.3) is 5.69 Å². The molecule has 108 valence electrons. The van der Waals surface area contributed by atoms with E-state index in [0.717, 1.165) is 37.7 Å². The number of nitrogens with zero attached hydrogens (tertiary/aromatic N) is 1. The van der Waals surface area contributed by atoms with E-state index in [2.05, 4.69) is 24.4 Å². The highest BCUT2D eigenvalue weighted by atomic mass is 16.6. The van der Waals surface area contributed by atoms with Crippen LogP contribution in [0.3, 0.4) is 0 Å². The predicted octanol–water partition coefficient (Wildman–Crippen LogP) is 4.13. The van der Waals surface area contributed by atoms with Crippen LogP contribution in [0, 0.1) is 10.1 Å². The molecule has 0 aliphatic heterocycles. The Bertz CT molecular complexity index is 485. The summed E-state index contributed by atoms with van der Waals surface area (Å²) in [6.45, 7) is 2.15. The largest absolute Gasteiger partial charge is 0.307 e. The molecule has 4 nitrogen and oxygen atoms in total. The van der Waals surface area contributed by atoms with Gasteiger partial charge in [0.1, 0.15) is 0 Å². The molecule has 2 rings (SSSR count). The van der Waals surface area contributed by atoms with Gasteiger partial charge in [-0.1, -0.05) is 37.6 Å². The zero-order valence-corrected chi connectivity index (χ0v) is 11.9. The topological polar surface area (TPSA) is 55.2 Å². The van der Waals surface area contributed by atoms with Crippen LogP contribution < -0.4 is 5.32 Å². The maximum Gasteiger partial charge on any atom is 0.269 e. The minimum absolute atomic E-state index is 0.175. The van der Waals surface area contributed by atoms with Gasteiger partial charge in [0, 0.05) is 24.2 Å². The van der Waals surface area contributed by atoms with Crippen molar-refractivity contribution >= 4 is 5.69 Å². The fourth-order valence-corrected chi connectivity index (χ4v) is 2.72. The van der Waals surface area contributed by atoms with Crippen molar-refractivity contribution < 1.29 is 4.92 Å². The Morgan fingerprint density at radius 2 is 2.30 bits per heavy atom. The number of hydrogen-bond acceptors (Lipinski definition) is 3. The number of nitro groups is 1. The smallest absolute Gasteiger partial charge is 0.269 e. The van der Waals surface area contributed by atoms with E-state index in [-0.39, 0.29) is 16.7 Å². The molecule has 2 atom stereocenters. The molecule has 2 unspecified atom stereocenters. The summed E-state index contributed by atoms with van der Waals surface area (Å²) in [7, 11) is 0. The van der Waals surface area contributed by atoms with Crippen LogP contribution in [0.5, 0.6) is 0 Å². The summed E-state index contributed by atoms with van der Waals surface area (Å²) in [5.74, 6) is 0. The van der Waals surface area contributed by atoms with Gasteiger partial charge in [-0.2, -0.15) is 0 Å². The van der Waals surface area contributed by atoms with Gasteiger partial charge >= 0.3 is 0 Å². The number of benzene rings is 1. The van der Waals surface area contributed by atoms with Gasteiger partial charge in [0.2, 0.25) is 0 Å². The highest BCUT2D eigenvalue weighted by molar-refractivity contribution is 5.35. The Morgan fingerprint density at radius 3 is 2.95 bits per heavy atom. The van der Waals surface area contributed by atoms with E-state index < -0.39 is 0 Å². The number of allylic oxidation sites excluding steroid dienone is 1. The summed E-state index contributed by atoms with van der Waals surface area (Å²) < 4.78 is 0. The lowest BCUT2D eigenvalue weighted by atomic mass is 9.96. The maximum absolute atomic E-state index is 10.9. The van der Waals surface area contributed by atoms with E-state index in [9.17, 15) is 10.1 Å². The minimum Gasteiger partial charge on any atom is -0.307 e. The first-order chi connectivity index (χ1) is 9.70. The van der Waals surface area contributed by atoms with Gasteiger partial charge in [-0.25, -0.2) is 0 Å². The number of rotatable bonds is 6. The number of nitrogens with one attached hydrogen (secondary N) is 1. The molecule has 4 heteroatoms. The van der Waals surface area contributed by atoms with Crippen molar-refractivity contribution in [2.45, 2.75) is 51.1 Å². The molecule has 1 aliphatic rings. The van der Waals surface area contributed by atoms with E-state index in [4.69, 9.17) is 0 Å². The van der Waals surface area contributed by atoms with Crippen LogP contribution in [-0.2, 0) is 0 Å². The van der Waals surface area contributed by atoms with E-state index in [1.54, 1.807) is 18.2 Å². The Kier molecular flexibility index (Phi) is 5.30. The van der Waals surface area contributed by atoms with Crippen LogP contribution in [0.4, 0.5) is 5.69 Å².